The first-order valence-corrected chi connectivity index (χ1v) is 10.8. The van der Waals surface area contributed by atoms with Gasteiger partial charge < -0.3 is 20.3 Å². The van der Waals surface area contributed by atoms with Crippen molar-refractivity contribution in [3.05, 3.63) is 54.0 Å². The number of aromatic nitrogens is 3. The van der Waals surface area contributed by atoms with Crippen LogP contribution in [0.15, 0.2) is 42.6 Å². The summed E-state index contributed by atoms with van der Waals surface area (Å²) in [4.78, 5) is 30.5. The molecule has 0 radical (unpaired) electrons. The van der Waals surface area contributed by atoms with Gasteiger partial charge in [-0.25, -0.2) is 14.2 Å². The number of alkyl carbamates (subject to hydrolysis) is 1. The Hall–Kier alpha value is -3.69. The molecule has 1 fully saturated rings. The van der Waals surface area contributed by atoms with Crippen molar-refractivity contribution in [1.29, 1.82) is 0 Å². The molecule has 10 heteroatoms. The average Bonchev–Trinajstić information content (AvgIpc) is 3.38. The number of nitrogens with one attached hydrogen (secondary N) is 2. The molecule has 4 rings (SSSR count). The Morgan fingerprint density at radius 2 is 2.06 bits per heavy atom. The standard InChI is InChI=1S/C23H27FN6O3/c1-23(2,3)33-22(32)26-14-21(31)27-20-13-25-18-9-10-19(28-30(18)20)29-11-5-8-17(29)15-6-4-7-16(24)12-15/h4,6-7,9-10,12-13,17H,5,8,11,14H2,1-3H3,(H,26,32)(H,27,31)/t17-/m1/s1. The van der Waals surface area contributed by atoms with Crippen LogP contribution in [-0.2, 0) is 9.53 Å². The first kappa shape index (κ1) is 22.5. The third-order valence-corrected chi connectivity index (χ3v) is 5.19. The first-order valence-electron chi connectivity index (χ1n) is 10.8. The van der Waals surface area contributed by atoms with Gasteiger partial charge >= 0.3 is 6.09 Å². The molecule has 174 valence electrons. The Morgan fingerprint density at radius 3 is 2.82 bits per heavy atom. The maximum absolute atomic E-state index is 13.8. The molecule has 0 spiro atoms. The molecule has 1 aliphatic heterocycles. The van der Waals surface area contributed by atoms with E-state index < -0.39 is 17.6 Å². The number of benzene rings is 1. The summed E-state index contributed by atoms with van der Waals surface area (Å²) in [6.45, 7) is 5.76. The lowest BCUT2D eigenvalue weighted by atomic mass is 10.0. The molecular weight excluding hydrogens is 427 g/mol. The molecule has 3 aromatic rings. The highest BCUT2D eigenvalue weighted by Crippen LogP contribution is 2.35. The van der Waals surface area contributed by atoms with Gasteiger partial charge in [-0.2, -0.15) is 4.52 Å². The van der Waals surface area contributed by atoms with Crippen molar-refractivity contribution >= 4 is 29.3 Å². The summed E-state index contributed by atoms with van der Waals surface area (Å²) in [5.41, 5.74) is 0.819. The third kappa shape index (κ3) is 5.39. The predicted octanol–water partition coefficient (Wildman–Crippen LogP) is 3.67. The van der Waals surface area contributed by atoms with Gasteiger partial charge in [0.05, 0.1) is 12.2 Å². The lowest BCUT2D eigenvalue weighted by molar-refractivity contribution is -0.115. The van der Waals surface area contributed by atoms with Gasteiger partial charge in [0.15, 0.2) is 11.5 Å². The molecule has 2 amide bonds. The summed E-state index contributed by atoms with van der Waals surface area (Å²) < 4.78 is 20.4. The molecule has 2 N–H and O–H groups in total. The van der Waals surface area contributed by atoms with Crippen molar-refractivity contribution < 1.29 is 18.7 Å². The van der Waals surface area contributed by atoms with E-state index in [1.54, 1.807) is 37.4 Å². The zero-order chi connectivity index (χ0) is 23.6. The van der Waals surface area contributed by atoms with Crippen molar-refractivity contribution in [1.82, 2.24) is 19.9 Å². The molecular formula is C23H27FN6O3. The molecule has 2 aromatic heterocycles. The molecule has 3 heterocycles. The lowest BCUT2D eigenvalue weighted by Gasteiger charge is -2.26. The van der Waals surface area contributed by atoms with E-state index in [4.69, 9.17) is 4.74 Å². The van der Waals surface area contributed by atoms with Crippen molar-refractivity contribution in [3.8, 4) is 0 Å². The summed E-state index contributed by atoms with van der Waals surface area (Å²) in [7, 11) is 0. The minimum atomic E-state index is -0.673. The number of fused-ring (bicyclic) bond motifs is 1. The van der Waals surface area contributed by atoms with Crippen LogP contribution in [0.1, 0.15) is 45.2 Å². The van der Waals surface area contributed by atoms with Crippen molar-refractivity contribution in [2.45, 2.75) is 45.3 Å². The monoisotopic (exact) mass is 454 g/mol. The highest BCUT2D eigenvalue weighted by atomic mass is 19.1. The number of rotatable bonds is 5. The van der Waals surface area contributed by atoms with Crippen molar-refractivity contribution in [2.24, 2.45) is 0 Å². The van der Waals surface area contributed by atoms with Gasteiger partial charge in [-0.1, -0.05) is 12.1 Å². The van der Waals surface area contributed by atoms with Gasteiger partial charge in [0, 0.05) is 6.54 Å². The second kappa shape index (κ2) is 9.05. The topological polar surface area (TPSA) is 101 Å². The van der Waals surface area contributed by atoms with Gasteiger partial charge in [0.2, 0.25) is 5.91 Å². The minimum absolute atomic E-state index is 0.0187. The predicted molar refractivity (Wildman–Crippen MR) is 122 cm³/mol. The number of nitrogens with zero attached hydrogens (tertiary/aromatic N) is 4. The maximum Gasteiger partial charge on any atom is 0.408 e. The smallest absolute Gasteiger partial charge is 0.408 e. The van der Waals surface area contributed by atoms with Gasteiger partial charge in [0.1, 0.15) is 23.8 Å². The SMILES string of the molecule is CC(C)(C)OC(=O)NCC(=O)Nc1cnc2ccc(N3CCC[C@@H]3c3cccc(F)c3)nn12. The summed E-state index contributed by atoms with van der Waals surface area (Å²) in [5, 5.41) is 9.81. The van der Waals surface area contributed by atoms with Gasteiger partial charge in [0.25, 0.3) is 0 Å². The number of anilines is 2. The zero-order valence-corrected chi connectivity index (χ0v) is 18.8. The molecule has 1 aliphatic rings. The van der Waals surface area contributed by atoms with Crippen LogP contribution in [0.3, 0.4) is 0 Å². The molecule has 1 atom stereocenters. The highest BCUT2D eigenvalue weighted by molar-refractivity contribution is 5.93. The fourth-order valence-electron chi connectivity index (χ4n) is 3.86. The molecule has 0 unspecified atom stereocenters. The number of carbonyl (C=O) groups is 2. The van der Waals surface area contributed by atoms with Crippen LogP contribution in [-0.4, -0.2) is 45.3 Å². The summed E-state index contributed by atoms with van der Waals surface area (Å²) in [6, 6.07) is 10.3. The number of imidazole rings is 1. The number of halogens is 1. The second-order valence-electron chi connectivity index (χ2n) is 8.92. The molecule has 1 aromatic carbocycles. The van der Waals surface area contributed by atoms with Crippen LogP contribution in [0.4, 0.5) is 20.8 Å². The van der Waals surface area contributed by atoms with Crippen LogP contribution >= 0.6 is 0 Å². The summed E-state index contributed by atoms with van der Waals surface area (Å²) in [6.07, 6.45) is 2.69. The van der Waals surface area contributed by atoms with E-state index in [0.717, 1.165) is 24.9 Å². The molecule has 9 nitrogen and oxygen atoms in total. The largest absolute Gasteiger partial charge is 0.444 e. The maximum atomic E-state index is 13.8. The quantitative estimate of drug-likeness (QED) is 0.610. The van der Waals surface area contributed by atoms with Crippen LogP contribution < -0.4 is 15.5 Å². The van der Waals surface area contributed by atoms with E-state index >= 15 is 0 Å². The molecule has 33 heavy (non-hydrogen) atoms. The first-order chi connectivity index (χ1) is 15.7. The Labute approximate surface area is 190 Å². The Kier molecular flexibility index (Phi) is 6.17. The van der Waals surface area contributed by atoms with Crippen LogP contribution in [0.5, 0.6) is 0 Å². The molecule has 0 bridgehead atoms. The van der Waals surface area contributed by atoms with Crippen LogP contribution in [0.25, 0.3) is 5.65 Å². The average molecular weight is 455 g/mol. The number of amides is 2. The molecule has 1 saturated heterocycles. The van der Waals surface area contributed by atoms with Crippen molar-refractivity contribution in [2.75, 3.05) is 23.3 Å². The molecule has 0 saturated carbocycles. The number of hydrogen-bond donors (Lipinski definition) is 2. The van der Waals surface area contributed by atoms with Gasteiger partial charge in [-0.05, 0) is 63.4 Å². The lowest BCUT2D eigenvalue weighted by Crippen LogP contribution is -2.37. The Morgan fingerprint density at radius 1 is 1.24 bits per heavy atom. The third-order valence-electron chi connectivity index (χ3n) is 5.19. The van der Waals surface area contributed by atoms with Gasteiger partial charge in [-0.3, -0.25) is 4.79 Å². The van der Waals surface area contributed by atoms with E-state index in [1.807, 2.05) is 18.2 Å². The number of carbonyl (C=O) groups excluding carboxylic acids is 2. The van der Waals surface area contributed by atoms with Gasteiger partial charge in [-0.15, -0.1) is 5.10 Å². The second-order valence-corrected chi connectivity index (χ2v) is 8.92. The number of ether oxygens (including phenoxy) is 1. The summed E-state index contributed by atoms with van der Waals surface area (Å²) >= 11 is 0. The van der Waals surface area contributed by atoms with Crippen LogP contribution in [0, 0.1) is 5.82 Å². The normalized spacial score (nSPS) is 16.1. The van der Waals surface area contributed by atoms with Crippen LogP contribution in [0.2, 0.25) is 0 Å². The van der Waals surface area contributed by atoms with E-state index in [1.165, 1.54) is 12.3 Å². The molecule has 0 aliphatic carbocycles. The van der Waals surface area contributed by atoms with E-state index in [-0.39, 0.29) is 18.4 Å². The minimum Gasteiger partial charge on any atom is -0.444 e. The number of hydrogen-bond acceptors (Lipinski definition) is 6. The summed E-state index contributed by atoms with van der Waals surface area (Å²) in [5.74, 6) is 0.384. The fourth-order valence-corrected chi connectivity index (χ4v) is 3.86. The fraction of sp³-hybridized carbons (Fsp3) is 0.391. The zero-order valence-electron chi connectivity index (χ0n) is 18.8. The van der Waals surface area contributed by atoms with E-state index in [9.17, 15) is 14.0 Å². The van der Waals surface area contributed by atoms with E-state index in [0.29, 0.717) is 17.3 Å². The van der Waals surface area contributed by atoms with E-state index in [2.05, 4.69) is 25.6 Å². The van der Waals surface area contributed by atoms with Crippen molar-refractivity contribution in [3.63, 3.8) is 0 Å². The Bertz CT molecular complexity index is 1170. The Balaban J connectivity index is 1.48. The highest BCUT2D eigenvalue weighted by Gasteiger charge is 2.28.